The zero-order valence-corrected chi connectivity index (χ0v) is 14.1. The Morgan fingerprint density at radius 1 is 1.04 bits per heavy atom. The molecule has 0 aliphatic carbocycles. The minimum absolute atomic E-state index is 0.576. The van der Waals surface area contributed by atoms with Crippen molar-refractivity contribution < 1.29 is 0 Å². The van der Waals surface area contributed by atoms with E-state index >= 15 is 0 Å². The summed E-state index contributed by atoms with van der Waals surface area (Å²) in [5.74, 6) is 1.29. The maximum atomic E-state index is 4.01. The average Bonchev–Trinajstić information content (AvgIpc) is 2.60. The summed E-state index contributed by atoms with van der Waals surface area (Å²) in [5.41, 5.74) is 2.90. The van der Waals surface area contributed by atoms with Crippen LogP contribution in [0.4, 0.5) is 0 Å². The van der Waals surface area contributed by atoms with Crippen LogP contribution in [0.5, 0.6) is 0 Å². The van der Waals surface area contributed by atoms with Gasteiger partial charge < -0.3 is 0 Å². The molecule has 1 aliphatic rings. The SMILES string of the molecule is C=CC[C@@H]1[C@@H](c2ccccc2)CCN(Cc2ccccc2)[C@H]1C. The van der Waals surface area contributed by atoms with Crippen molar-refractivity contribution in [2.45, 2.75) is 38.3 Å². The van der Waals surface area contributed by atoms with Crippen LogP contribution in [0.2, 0.25) is 0 Å². The Balaban J connectivity index is 1.77. The van der Waals surface area contributed by atoms with Crippen molar-refractivity contribution in [2.75, 3.05) is 6.54 Å². The lowest BCUT2D eigenvalue weighted by molar-refractivity contribution is 0.0813. The number of nitrogens with zero attached hydrogens (tertiary/aromatic N) is 1. The Morgan fingerprint density at radius 2 is 1.70 bits per heavy atom. The third-order valence-electron chi connectivity index (χ3n) is 5.33. The van der Waals surface area contributed by atoms with Crippen LogP contribution in [0.3, 0.4) is 0 Å². The highest BCUT2D eigenvalue weighted by molar-refractivity contribution is 5.22. The minimum Gasteiger partial charge on any atom is -0.296 e. The standard InChI is InChI=1S/C22H27N/c1-3-10-21-18(2)23(17-19-11-6-4-7-12-19)16-15-22(21)20-13-8-5-9-14-20/h3-9,11-14,18,21-22H,1,10,15-17H2,2H3/t18-,21-,22+/m0/s1. The highest BCUT2D eigenvalue weighted by atomic mass is 15.2. The van der Waals surface area contributed by atoms with Gasteiger partial charge in [0.2, 0.25) is 0 Å². The van der Waals surface area contributed by atoms with E-state index in [1.807, 2.05) is 0 Å². The van der Waals surface area contributed by atoms with E-state index in [1.165, 1.54) is 24.1 Å². The van der Waals surface area contributed by atoms with Gasteiger partial charge in [-0.3, -0.25) is 4.90 Å². The van der Waals surface area contributed by atoms with E-state index < -0.39 is 0 Å². The summed E-state index contributed by atoms with van der Waals surface area (Å²) in [7, 11) is 0. The molecule has 1 nitrogen and oxygen atoms in total. The highest BCUT2D eigenvalue weighted by Crippen LogP contribution is 2.39. The maximum absolute atomic E-state index is 4.01. The maximum Gasteiger partial charge on any atom is 0.0236 e. The van der Waals surface area contributed by atoms with Crippen molar-refractivity contribution >= 4 is 0 Å². The predicted molar refractivity (Wildman–Crippen MR) is 98.4 cm³/mol. The van der Waals surface area contributed by atoms with Crippen molar-refractivity contribution in [1.29, 1.82) is 0 Å². The summed E-state index contributed by atoms with van der Waals surface area (Å²) >= 11 is 0. The van der Waals surface area contributed by atoms with Gasteiger partial charge in [0.15, 0.2) is 0 Å². The van der Waals surface area contributed by atoms with Gasteiger partial charge in [0.1, 0.15) is 0 Å². The van der Waals surface area contributed by atoms with Gasteiger partial charge in [0, 0.05) is 12.6 Å². The first kappa shape index (κ1) is 16.0. The van der Waals surface area contributed by atoms with Crippen molar-refractivity contribution in [3.8, 4) is 0 Å². The van der Waals surface area contributed by atoms with Crippen LogP contribution in [-0.4, -0.2) is 17.5 Å². The van der Waals surface area contributed by atoms with Gasteiger partial charge in [-0.2, -0.15) is 0 Å². The monoisotopic (exact) mass is 305 g/mol. The van der Waals surface area contributed by atoms with Gasteiger partial charge >= 0.3 is 0 Å². The molecule has 3 rings (SSSR count). The van der Waals surface area contributed by atoms with Gasteiger partial charge in [0.05, 0.1) is 0 Å². The second-order valence-corrected chi connectivity index (χ2v) is 6.69. The fourth-order valence-electron chi connectivity index (χ4n) is 4.04. The van der Waals surface area contributed by atoms with Crippen molar-refractivity contribution in [1.82, 2.24) is 4.90 Å². The van der Waals surface area contributed by atoms with Gasteiger partial charge in [-0.15, -0.1) is 6.58 Å². The third-order valence-corrected chi connectivity index (χ3v) is 5.33. The molecule has 0 amide bonds. The van der Waals surface area contributed by atoms with Crippen LogP contribution < -0.4 is 0 Å². The summed E-state index contributed by atoms with van der Waals surface area (Å²) < 4.78 is 0. The first-order valence-electron chi connectivity index (χ1n) is 8.73. The molecular weight excluding hydrogens is 278 g/mol. The lowest BCUT2D eigenvalue weighted by atomic mass is 9.74. The Hall–Kier alpha value is -1.86. The topological polar surface area (TPSA) is 3.24 Å². The molecular formula is C22H27N. The highest BCUT2D eigenvalue weighted by Gasteiger charge is 2.35. The van der Waals surface area contributed by atoms with E-state index in [0.29, 0.717) is 17.9 Å². The molecule has 0 radical (unpaired) electrons. The molecule has 2 aromatic rings. The summed E-state index contributed by atoms with van der Waals surface area (Å²) in [6.07, 6.45) is 4.43. The first-order valence-corrected chi connectivity index (χ1v) is 8.73. The minimum atomic E-state index is 0.576. The number of benzene rings is 2. The Morgan fingerprint density at radius 3 is 2.35 bits per heavy atom. The molecule has 120 valence electrons. The quantitative estimate of drug-likeness (QED) is 0.681. The zero-order valence-electron chi connectivity index (χ0n) is 14.1. The molecule has 0 bridgehead atoms. The fraction of sp³-hybridized carbons (Fsp3) is 0.364. The molecule has 3 atom stereocenters. The molecule has 1 saturated heterocycles. The molecule has 1 aliphatic heterocycles. The number of likely N-dealkylation sites (tertiary alicyclic amines) is 1. The molecule has 0 spiro atoms. The lowest BCUT2D eigenvalue weighted by Gasteiger charge is -2.44. The molecule has 23 heavy (non-hydrogen) atoms. The Labute approximate surface area is 140 Å². The Kier molecular flexibility index (Phi) is 5.30. The molecule has 1 heteroatoms. The molecule has 1 heterocycles. The summed E-state index contributed by atoms with van der Waals surface area (Å²) in [4.78, 5) is 2.64. The van der Waals surface area contributed by atoms with E-state index in [1.54, 1.807) is 0 Å². The van der Waals surface area contributed by atoms with E-state index in [9.17, 15) is 0 Å². The largest absolute Gasteiger partial charge is 0.296 e. The fourth-order valence-corrected chi connectivity index (χ4v) is 4.04. The normalized spacial score (nSPS) is 25.2. The van der Waals surface area contributed by atoms with Gasteiger partial charge in [-0.05, 0) is 49.3 Å². The van der Waals surface area contributed by atoms with Crippen LogP contribution in [0.1, 0.15) is 36.8 Å². The molecule has 0 saturated carbocycles. The van der Waals surface area contributed by atoms with Crippen LogP contribution >= 0.6 is 0 Å². The van der Waals surface area contributed by atoms with Gasteiger partial charge in [-0.1, -0.05) is 66.7 Å². The number of hydrogen-bond acceptors (Lipinski definition) is 1. The Bertz CT molecular complexity index is 604. The van der Waals surface area contributed by atoms with Gasteiger partial charge in [0.25, 0.3) is 0 Å². The van der Waals surface area contributed by atoms with Crippen molar-refractivity contribution in [3.63, 3.8) is 0 Å². The van der Waals surface area contributed by atoms with Crippen LogP contribution in [0, 0.1) is 5.92 Å². The van der Waals surface area contributed by atoms with E-state index in [-0.39, 0.29) is 0 Å². The summed E-state index contributed by atoms with van der Waals surface area (Å²) in [6, 6.07) is 22.4. The molecule has 2 aromatic carbocycles. The van der Waals surface area contributed by atoms with E-state index in [0.717, 1.165) is 13.0 Å². The lowest BCUT2D eigenvalue weighted by Crippen LogP contribution is -2.46. The summed E-state index contributed by atoms with van der Waals surface area (Å²) in [5, 5.41) is 0. The molecule has 0 aromatic heterocycles. The molecule has 0 N–H and O–H groups in total. The van der Waals surface area contributed by atoms with Gasteiger partial charge in [-0.25, -0.2) is 0 Å². The summed E-state index contributed by atoms with van der Waals surface area (Å²) in [6.45, 7) is 8.63. The number of rotatable bonds is 5. The number of hydrogen-bond donors (Lipinski definition) is 0. The first-order chi connectivity index (χ1) is 11.3. The second kappa shape index (κ2) is 7.61. The predicted octanol–water partition coefficient (Wildman–Crippen LogP) is 5.26. The van der Waals surface area contributed by atoms with Crippen LogP contribution in [-0.2, 0) is 6.54 Å². The smallest absolute Gasteiger partial charge is 0.0236 e. The second-order valence-electron chi connectivity index (χ2n) is 6.69. The van der Waals surface area contributed by atoms with Crippen molar-refractivity contribution in [3.05, 3.63) is 84.4 Å². The average molecular weight is 305 g/mol. The number of piperidine rings is 1. The third kappa shape index (κ3) is 3.73. The van der Waals surface area contributed by atoms with E-state index in [2.05, 4.69) is 85.1 Å². The van der Waals surface area contributed by atoms with E-state index in [4.69, 9.17) is 0 Å². The zero-order chi connectivity index (χ0) is 16.1. The van der Waals surface area contributed by atoms with Crippen LogP contribution in [0.25, 0.3) is 0 Å². The van der Waals surface area contributed by atoms with Crippen molar-refractivity contribution in [2.24, 2.45) is 5.92 Å². The number of allylic oxidation sites excluding steroid dienone is 1. The van der Waals surface area contributed by atoms with Crippen LogP contribution in [0.15, 0.2) is 73.3 Å². The molecule has 1 fully saturated rings. The molecule has 0 unspecified atom stereocenters.